The van der Waals surface area contributed by atoms with E-state index in [2.05, 4.69) is 16.4 Å². The van der Waals surface area contributed by atoms with E-state index in [9.17, 15) is 14.7 Å². The molecule has 1 fully saturated rings. The monoisotopic (exact) mass is 437 g/mol. The Hall–Kier alpha value is -3.26. The van der Waals surface area contributed by atoms with Crippen molar-refractivity contribution in [3.63, 3.8) is 0 Å². The van der Waals surface area contributed by atoms with Gasteiger partial charge in [-0.15, -0.1) is 0 Å². The van der Waals surface area contributed by atoms with Crippen LogP contribution in [0.2, 0.25) is 0 Å². The summed E-state index contributed by atoms with van der Waals surface area (Å²) in [4.78, 5) is 28.7. The van der Waals surface area contributed by atoms with Crippen LogP contribution in [0.4, 0.5) is 0 Å². The van der Waals surface area contributed by atoms with E-state index in [1.54, 1.807) is 18.2 Å². The van der Waals surface area contributed by atoms with Gasteiger partial charge in [0.25, 0.3) is 5.56 Å². The Morgan fingerprint density at radius 3 is 2.72 bits per heavy atom. The lowest BCUT2D eigenvalue weighted by Gasteiger charge is -2.31. The van der Waals surface area contributed by atoms with Crippen LogP contribution in [0.25, 0.3) is 10.9 Å². The van der Waals surface area contributed by atoms with Gasteiger partial charge in [-0.05, 0) is 55.0 Å². The Morgan fingerprint density at radius 1 is 1.16 bits per heavy atom. The third-order valence-electron chi connectivity index (χ3n) is 7.05. The van der Waals surface area contributed by atoms with E-state index in [4.69, 9.17) is 9.47 Å². The highest BCUT2D eigenvalue weighted by atomic mass is 16.5. The summed E-state index contributed by atoms with van der Waals surface area (Å²) in [7, 11) is 3.02. The van der Waals surface area contributed by atoms with Crippen molar-refractivity contribution >= 4 is 10.9 Å². The van der Waals surface area contributed by atoms with E-state index in [1.165, 1.54) is 24.4 Å². The molecule has 2 aromatic carbocycles. The highest BCUT2D eigenvalue weighted by molar-refractivity contribution is 5.81. The van der Waals surface area contributed by atoms with Gasteiger partial charge in [0.05, 0.1) is 25.1 Å². The molecular formula is C24H27N3O5. The highest BCUT2D eigenvalue weighted by Crippen LogP contribution is 2.44. The van der Waals surface area contributed by atoms with Gasteiger partial charge in [-0.3, -0.25) is 9.36 Å². The van der Waals surface area contributed by atoms with Crippen LogP contribution in [-0.4, -0.2) is 41.5 Å². The standard InChI is InChI=1S/C24H27N3O5/c1-31-20-10-16-18(11-21(20)32-2)26-24(30)27(23(16)29)9-8-17-22-13(12-25-17)6-7-14-15(22)4-3-5-19(14)28/h3-5,10-11,13,17,22,25,28H,6-9,12H2,1-2H3,(H,26,30)/t13-,17?,22+/m0/s1. The van der Waals surface area contributed by atoms with Gasteiger partial charge in [0, 0.05) is 24.6 Å². The van der Waals surface area contributed by atoms with Gasteiger partial charge in [0.1, 0.15) is 5.75 Å². The quantitative estimate of drug-likeness (QED) is 0.565. The summed E-state index contributed by atoms with van der Waals surface area (Å²) in [6.07, 6.45) is 2.54. The maximum atomic E-state index is 13.1. The molecule has 32 heavy (non-hydrogen) atoms. The number of aromatic hydroxyl groups is 1. The second kappa shape index (κ2) is 8.02. The van der Waals surface area contributed by atoms with Crippen LogP contribution in [0.1, 0.15) is 29.9 Å². The summed E-state index contributed by atoms with van der Waals surface area (Å²) in [5.74, 6) is 2.02. The van der Waals surface area contributed by atoms with Gasteiger partial charge in [0.2, 0.25) is 0 Å². The Morgan fingerprint density at radius 2 is 1.94 bits per heavy atom. The van der Waals surface area contributed by atoms with E-state index in [0.717, 1.165) is 24.9 Å². The molecule has 1 aliphatic heterocycles. The summed E-state index contributed by atoms with van der Waals surface area (Å²) in [5.41, 5.74) is 1.86. The molecule has 1 aliphatic carbocycles. The number of ether oxygens (including phenoxy) is 2. The van der Waals surface area contributed by atoms with Gasteiger partial charge < -0.3 is 24.9 Å². The second-order valence-electron chi connectivity index (χ2n) is 8.61. The number of hydrogen-bond acceptors (Lipinski definition) is 6. The van der Waals surface area contributed by atoms with Gasteiger partial charge in [-0.25, -0.2) is 4.79 Å². The number of methoxy groups -OCH3 is 2. The molecule has 3 atom stereocenters. The van der Waals surface area contributed by atoms with Crippen LogP contribution in [0.3, 0.4) is 0 Å². The maximum Gasteiger partial charge on any atom is 0.328 e. The number of rotatable bonds is 5. The minimum Gasteiger partial charge on any atom is -0.508 e. The first kappa shape index (κ1) is 20.6. The van der Waals surface area contributed by atoms with Crippen molar-refractivity contribution in [3.8, 4) is 17.2 Å². The smallest absolute Gasteiger partial charge is 0.328 e. The molecule has 8 heteroatoms. The van der Waals surface area contributed by atoms with E-state index >= 15 is 0 Å². The number of aromatic nitrogens is 2. The lowest BCUT2D eigenvalue weighted by molar-refractivity contribution is 0.355. The largest absolute Gasteiger partial charge is 0.508 e. The fraction of sp³-hybridized carbons (Fsp3) is 0.417. The summed E-state index contributed by atoms with van der Waals surface area (Å²) >= 11 is 0. The lowest BCUT2D eigenvalue weighted by atomic mass is 9.73. The first-order chi connectivity index (χ1) is 15.5. The predicted octanol–water partition coefficient (Wildman–Crippen LogP) is 2.12. The SMILES string of the molecule is COc1cc2[nH]c(=O)n(CCC3NC[C@@H]4CCc5c(O)cccc5[C@H]34)c(=O)c2cc1OC. The first-order valence-corrected chi connectivity index (χ1v) is 10.9. The number of phenolic OH excluding ortho intramolecular Hbond substituents is 1. The third-order valence-corrected chi connectivity index (χ3v) is 7.05. The van der Waals surface area contributed by atoms with E-state index in [-0.39, 0.29) is 17.5 Å². The Kier molecular flexibility index (Phi) is 5.17. The van der Waals surface area contributed by atoms with E-state index in [0.29, 0.717) is 47.0 Å². The number of benzene rings is 2. The number of H-pyrrole nitrogens is 1. The molecule has 3 N–H and O–H groups in total. The molecule has 0 amide bonds. The molecule has 1 aromatic heterocycles. The molecule has 0 bridgehead atoms. The molecule has 0 saturated carbocycles. The van der Waals surface area contributed by atoms with Crippen molar-refractivity contribution in [1.82, 2.24) is 14.9 Å². The average molecular weight is 437 g/mol. The zero-order valence-corrected chi connectivity index (χ0v) is 18.2. The molecule has 0 radical (unpaired) electrons. The Balaban J connectivity index is 1.46. The molecule has 2 aliphatic rings. The summed E-state index contributed by atoms with van der Waals surface area (Å²) in [6, 6.07) is 9.08. The predicted molar refractivity (Wildman–Crippen MR) is 121 cm³/mol. The van der Waals surface area contributed by atoms with Gasteiger partial charge in [-0.2, -0.15) is 0 Å². The van der Waals surface area contributed by atoms with Crippen LogP contribution in [0.5, 0.6) is 17.2 Å². The van der Waals surface area contributed by atoms with Gasteiger partial charge in [-0.1, -0.05) is 12.1 Å². The number of hydrogen-bond donors (Lipinski definition) is 3. The lowest BCUT2D eigenvalue weighted by Crippen LogP contribution is -2.38. The molecule has 1 unspecified atom stereocenters. The number of fused-ring (bicyclic) bond motifs is 4. The molecule has 1 saturated heterocycles. The summed E-state index contributed by atoms with van der Waals surface area (Å²) < 4.78 is 11.9. The topological polar surface area (TPSA) is 106 Å². The van der Waals surface area contributed by atoms with E-state index in [1.807, 2.05) is 6.07 Å². The summed E-state index contributed by atoms with van der Waals surface area (Å²) in [6.45, 7) is 1.21. The zero-order valence-electron chi connectivity index (χ0n) is 18.2. The fourth-order valence-electron chi connectivity index (χ4n) is 5.48. The maximum absolute atomic E-state index is 13.1. The van der Waals surface area contributed by atoms with Crippen molar-refractivity contribution in [2.45, 2.75) is 37.8 Å². The molecule has 3 aromatic rings. The molecule has 168 valence electrons. The van der Waals surface area contributed by atoms with Gasteiger partial charge in [0.15, 0.2) is 11.5 Å². The minimum absolute atomic E-state index is 0.133. The van der Waals surface area contributed by atoms with Crippen LogP contribution >= 0.6 is 0 Å². The minimum atomic E-state index is -0.439. The Labute approximate surface area is 184 Å². The molecular weight excluding hydrogens is 410 g/mol. The number of nitrogens with one attached hydrogen (secondary N) is 2. The second-order valence-corrected chi connectivity index (χ2v) is 8.61. The van der Waals surface area contributed by atoms with Crippen molar-refractivity contribution < 1.29 is 14.6 Å². The van der Waals surface area contributed by atoms with E-state index < -0.39 is 5.69 Å². The summed E-state index contributed by atoms with van der Waals surface area (Å²) in [5, 5.41) is 14.3. The number of phenols is 1. The number of aromatic amines is 1. The van der Waals surface area contributed by atoms with Crippen molar-refractivity contribution in [1.29, 1.82) is 0 Å². The third kappa shape index (κ3) is 3.26. The molecule has 8 nitrogen and oxygen atoms in total. The van der Waals surface area contributed by atoms with Crippen LogP contribution in [-0.2, 0) is 13.0 Å². The van der Waals surface area contributed by atoms with Crippen LogP contribution in [0, 0.1) is 5.92 Å². The normalized spacial score (nSPS) is 21.9. The first-order valence-electron chi connectivity index (χ1n) is 10.9. The van der Waals surface area contributed by atoms with Gasteiger partial charge >= 0.3 is 5.69 Å². The average Bonchev–Trinajstić information content (AvgIpc) is 3.22. The van der Waals surface area contributed by atoms with Crippen molar-refractivity contribution in [3.05, 3.63) is 62.3 Å². The van der Waals surface area contributed by atoms with Crippen LogP contribution in [0.15, 0.2) is 39.9 Å². The number of nitrogens with zero attached hydrogens (tertiary/aromatic N) is 1. The molecule has 0 spiro atoms. The van der Waals surface area contributed by atoms with Crippen LogP contribution < -0.4 is 26.0 Å². The zero-order chi connectivity index (χ0) is 22.4. The fourth-order valence-corrected chi connectivity index (χ4v) is 5.48. The van der Waals surface area contributed by atoms with Crippen molar-refractivity contribution in [2.75, 3.05) is 20.8 Å². The molecule has 5 rings (SSSR count). The highest BCUT2D eigenvalue weighted by Gasteiger charge is 2.40. The van der Waals surface area contributed by atoms with Crippen molar-refractivity contribution in [2.24, 2.45) is 5.92 Å². The Bertz CT molecular complexity index is 1300. The molecule has 2 heterocycles.